The van der Waals surface area contributed by atoms with Gasteiger partial charge >= 0.3 is 0 Å². The van der Waals surface area contributed by atoms with Gasteiger partial charge < -0.3 is 10.5 Å². The van der Waals surface area contributed by atoms with E-state index in [0.717, 1.165) is 24.2 Å². The zero-order chi connectivity index (χ0) is 14.8. The molecule has 2 aliphatic heterocycles. The summed E-state index contributed by atoms with van der Waals surface area (Å²) in [4.78, 5) is 15.9. The van der Waals surface area contributed by atoms with Gasteiger partial charge in [-0.25, -0.2) is 0 Å². The van der Waals surface area contributed by atoms with Gasteiger partial charge in [0, 0.05) is 36.7 Å². The highest BCUT2D eigenvalue weighted by molar-refractivity contribution is 5.64. The molecule has 0 spiro atoms. The molecule has 0 radical (unpaired) electrons. The number of allylic oxidation sites excluding steroid dienone is 4. The maximum atomic E-state index is 8.00. The topological polar surface area (TPSA) is 67.8 Å². The van der Waals surface area contributed by atoms with Crippen LogP contribution in [-0.4, -0.2) is 26.3 Å². The molecule has 0 bridgehead atoms. The predicted octanol–water partition coefficient (Wildman–Crippen LogP) is 3.15. The van der Waals surface area contributed by atoms with E-state index >= 15 is 0 Å². The van der Waals surface area contributed by atoms with E-state index in [-0.39, 0.29) is 0 Å². The van der Waals surface area contributed by atoms with Crippen molar-refractivity contribution in [3.05, 3.63) is 23.5 Å². The van der Waals surface area contributed by atoms with Crippen LogP contribution in [0.5, 0.6) is 0 Å². The van der Waals surface area contributed by atoms with Crippen molar-refractivity contribution in [2.75, 3.05) is 7.05 Å². The Morgan fingerprint density at radius 3 is 1.28 bits per heavy atom. The largest absolute Gasteiger partial charge is 0.333 e. The molecule has 0 aromatic carbocycles. The van der Waals surface area contributed by atoms with Crippen molar-refractivity contribution in [1.82, 2.24) is 0 Å². The van der Waals surface area contributed by atoms with Crippen LogP contribution in [-0.2, 0) is 4.79 Å². The first-order valence-corrected chi connectivity index (χ1v) is 6.04. The summed E-state index contributed by atoms with van der Waals surface area (Å²) in [6.45, 7) is 10.0. The van der Waals surface area contributed by atoms with E-state index in [9.17, 15) is 0 Å². The van der Waals surface area contributed by atoms with Crippen molar-refractivity contribution in [2.45, 2.75) is 40.5 Å². The number of rotatable bonds is 0. The second-order valence-electron chi connectivity index (χ2n) is 2.79. The minimum atomic E-state index is 1.03. The van der Waals surface area contributed by atoms with Crippen LogP contribution in [0.25, 0.3) is 0 Å². The van der Waals surface area contributed by atoms with Crippen LogP contribution in [0.3, 0.4) is 0 Å². The van der Waals surface area contributed by atoms with Gasteiger partial charge in [0.2, 0.25) is 0 Å². The first kappa shape index (κ1) is 21.7. The number of nitrogens with zero attached hydrogens (tertiary/aromatic N) is 2. The highest BCUT2D eigenvalue weighted by Crippen LogP contribution is 2.01. The predicted molar refractivity (Wildman–Crippen MR) is 82.3 cm³/mol. The highest BCUT2D eigenvalue weighted by Gasteiger charge is 1.86. The Hall–Kier alpha value is -1.55. The van der Waals surface area contributed by atoms with E-state index in [0.29, 0.717) is 0 Å². The molecule has 4 nitrogen and oxygen atoms in total. The van der Waals surface area contributed by atoms with Gasteiger partial charge in [0.15, 0.2) is 0 Å². The van der Waals surface area contributed by atoms with Crippen molar-refractivity contribution >= 4 is 19.2 Å². The summed E-state index contributed by atoms with van der Waals surface area (Å²) in [5.41, 5.74) is 6.80. The number of carbonyl (C=O) groups is 1. The Labute approximate surface area is 111 Å². The summed E-state index contributed by atoms with van der Waals surface area (Å²) < 4.78 is 0. The van der Waals surface area contributed by atoms with Crippen LogP contribution in [0.15, 0.2) is 33.5 Å². The molecule has 0 atom stereocenters. The molecule has 2 rings (SSSR count). The Morgan fingerprint density at radius 2 is 1.22 bits per heavy atom. The first-order valence-electron chi connectivity index (χ1n) is 6.04. The third-order valence-corrected chi connectivity index (χ3v) is 1.63. The molecule has 104 valence electrons. The summed E-state index contributed by atoms with van der Waals surface area (Å²) in [5, 5.41) is 0. The summed E-state index contributed by atoms with van der Waals surface area (Å²) >= 11 is 0. The van der Waals surface area contributed by atoms with Crippen molar-refractivity contribution in [3.63, 3.8) is 0 Å². The smallest absolute Gasteiger partial charge is 0.106 e. The zero-order valence-corrected chi connectivity index (χ0v) is 12.3. The van der Waals surface area contributed by atoms with E-state index < -0.39 is 0 Å². The van der Waals surface area contributed by atoms with Gasteiger partial charge in [0.25, 0.3) is 0 Å². The standard InChI is InChI=1S/2C5H7N.C2H6.CH5N.CH2O/c2*1-5-3-2-4-6-5;3*1-2/h2*3-4H,2H2,1H3;1-2H3;2H2,1H3;1H2. The number of nitrogens with two attached hydrogens (primary N) is 1. The normalized spacial score (nSPS) is 13.2. The van der Waals surface area contributed by atoms with Gasteiger partial charge in [0.1, 0.15) is 6.79 Å². The average Bonchev–Trinajstić information content (AvgIpc) is 3.11. The lowest BCUT2D eigenvalue weighted by Gasteiger charge is -1.72. The quantitative estimate of drug-likeness (QED) is 0.720. The number of carbonyl (C=O) groups excluding carboxylic acids is 1. The molecule has 0 aromatic rings. The average molecular weight is 253 g/mol. The number of hydrogen-bond acceptors (Lipinski definition) is 4. The Kier molecular flexibility index (Phi) is 25.1. The summed E-state index contributed by atoms with van der Waals surface area (Å²) in [7, 11) is 1.50. The van der Waals surface area contributed by atoms with Gasteiger partial charge in [-0.1, -0.05) is 26.0 Å². The van der Waals surface area contributed by atoms with Gasteiger partial charge in [-0.2, -0.15) is 0 Å². The molecule has 2 heterocycles. The monoisotopic (exact) mass is 253 g/mol. The van der Waals surface area contributed by atoms with Crippen molar-refractivity contribution in [2.24, 2.45) is 15.7 Å². The molecular weight excluding hydrogens is 226 g/mol. The van der Waals surface area contributed by atoms with Gasteiger partial charge in [-0.15, -0.1) is 0 Å². The van der Waals surface area contributed by atoms with Crippen molar-refractivity contribution in [1.29, 1.82) is 0 Å². The minimum absolute atomic E-state index is 1.03. The maximum Gasteiger partial charge on any atom is 0.106 e. The molecule has 0 aliphatic carbocycles. The van der Waals surface area contributed by atoms with Crippen molar-refractivity contribution < 1.29 is 4.79 Å². The lowest BCUT2D eigenvalue weighted by atomic mass is 10.4. The van der Waals surface area contributed by atoms with Crippen LogP contribution >= 0.6 is 0 Å². The SMILES string of the molecule is C=O.CC.CC1=CCC=N1.CC1=CCC=N1.CN. The van der Waals surface area contributed by atoms with Gasteiger partial charge in [0.05, 0.1) is 0 Å². The molecule has 0 fully saturated rings. The maximum absolute atomic E-state index is 8.00. The highest BCUT2D eigenvalue weighted by atomic mass is 16.1. The fourth-order valence-electron chi connectivity index (χ4n) is 0.945. The number of hydrogen-bond donors (Lipinski definition) is 1. The zero-order valence-electron chi connectivity index (χ0n) is 12.3. The summed E-state index contributed by atoms with van der Waals surface area (Å²) in [6.07, 6.45) is 10.1. The fourth-order valence-corrected chi connectivity index (χ4v) is 0.945. The molecule has 0 saturated carbocycles. The third-order valence-electron chi connectivity index (χ3n) is 1.63. The summed E-state index contributed by atoms with van der Waals surface area (Å²) in [5.74, 6) is 0. The van der Waals surface area contributed by atoms with E-state index in [1.165, 1.54) is 7.05 Å². The Bertz CT molecular complexity index is 245. The Balaban J connectivity index is -0.000000178. The van der Waals surface area contributed by atoms with E-state index in [2.05, 4.69) is 27.9 Å². The third kappa shape index (κ3) is 16.9. The van der Waals surface area contributed by atoms with E-state index in [1.807, 2.05) is 46.9 Å². The molecule has 18 heavy (non-hydrogen) atoms. The molecule has 0 amide bonds. The fraction of sp³-hybridized carbons (Fsp3) is 0.500. The molecule has 0 aromatic heterocycles. The first-order chi connectivity index (χ1) is 8.79. The minimum Gasteiger partial charge on any atom is -0.333 e. The van der Waals surface area contributed by atoms with Crippen LogP contribution < -0.4 is 5.73 Å². The van der Waals surface area contributed by atoms with Gasteiger partial charge in [-0.3, -0.25) is 9.98 Å². The molecule has 2 aliphatic rings. The molecule has 0 saturated heterocycles. The van der Waals surface area contributed by atoms with E-state index in [1.54, 1.807) is 0 Å². The van der Waals surface area contributed by atoms with Crippen LogP contribution in [0.1, 0.15) is 40.5 Å². The second-order valence-corrected chi connectivity index (χ2v) is 2.79. The molecule has 4 heteroatoms. The molecule has 0 unspecified atom stereocenters. The molecule has 2 N–H and O–H groups in total. The van der Waals surface area contributed by atoms with Crippen LogP contribution in [0.2, 0.25) is 0 Å². The van der Waals surface area contributed by atoms with E-state index in [4.69, 9.17) is 4.79 Å². The Morgan fingerprint density at radius 1 is 0.944 bits per heavy atom. The lowest BCUT2D eigenvalue weighted by Crippen LogP contribution is -1.69. The van der Waals surface area contributed by atoms with Gasteiger partial charge in [-0.05, 0) is 20.9 Å². The second kappa shape index (κ2) is 20.8. The molecular formula is C14H27N3O. The van der Waals surface area contributed by atoms with Crippen LogP contribution in [0.4, 0.5) is 0 Å². The lowest BCUT2D eigenvalue weighted by molar-refractivity contribution is -0.0979. The summed E-state index contributed by atoms with van der Waals surface area (Å²) in [6, 6.07) is 0. The van der Waals surface area contributed by atoms with Crippen molar-refractivity contribution in [3.8, 4) is 0 Å². The van der Waals surface area contributed by atoms with Crippen LogP contribution in [0, 0.1) is 0 Å². The number of aliphatic imine (C=N–C) groups is 2.